The van der Waals surface area contributed by atoms with Crippen molar-refractivity contribution in [2.75, 3.05) is 13.6 Å². The van der Waals surface area contributed by atoms with E-state index in [0.29, 0.717) is 12.0 Å². The third-order valence-corrected chi connectivity index (χ3v) is 4.48. The Labute approximate surface area is 138 Å². The summed E-state index contributed by atoms with van der Waals surface area (Å²) in [6, 6.07) is 4.35. The molecule has 3 heterocycles. The van der Waals surface area contributed by atoms with Gasteiger partial charge in [-0.3, -0.25) is 9.88 Å². The molecule has 0 saturated carbocycles. The van der Waals surface area contributed by atoms with Crippen molar-refractivity contribution < 1.29 is 0 Å². The van der Waals surface area contributed by atoms with Gasteiger partial charge in [-0.15, -0.1) is 0 Å². The second kappa shape index (κ2) is 7.21. The monoisotopic (exact) mass is 313 g/mol. The lowest BCUT2D eigenvalue weighted by Crippen LogP contribution is -2.26. The predicted octanol–water partition coefficient (Wildman–Crippen LogP) is 3.41. The molecule has 0 unspecified atom stereocenters. The Hall–Kier alpha value is -1.75. The molecule has 3 rings (SSSR count). The average molecular weight is 313 g/mol. The number of rotatable bonds is 4. The number of nitrogens with zero attached hydrogens (tertiary/aromatic N) is 5. The molecule has 0 amide bonds. The molecule has 1 aliphatic rings. The summed E-state index contributed by atoms with van der Waals surface area (Å²) in [5.74, 6) is 2.56. The fourth-order valence-electron chi connectivity index (χ4n) is 3.28. The molecule has 2 aromatic rings. The van der Waals surface area contributed by atoms with E-state index in [1.807, 2.05) is 16.9 Å². The highest BCUT2D eigenvalue weighted by molar-refractivity contribution is 5.28. The summed E-state index contributed by atoms with van der Waals surface area (Å²) in [7, 11) is 2.21. The zero-order chi connectivity index (χ0) is 16.2. The highest BCUT2D eigenvalue weighted by Gasteiger charge is 2.26. The minimum absolute atomic E-state index is 0.339. The number of likely N-dealkylation sites (tertiary alicyclic amines) is 1. The van der Waals surface area contributed by atoms with Gasteiger partial charge < -0.3 is 0 Å². The highest BCUT2D eigenvalue weighted by atomic mass is 15.4. The van der Waals surface area contributed by atoms with Crippen LogP contribution in [0, 0.1) is 5.92 Å². The molecule has 1 saturated heterocycles. The topological polar surface area (TPSA) is 46.8 Å². The largest absolute Gasteiger partial charge is 0.296 e. The molecule has 0 N–H and O–H groups in total. The first-order valence-corrected chi connectivity index (χ1v) is 8.71. The first-order valence-electron chi connectivity index (χ1n) is 8.71. The molecule has 0 aromatic carbocycles. The van der Waals surface area contributed by atoms with Gasteiger partial charge in [0.2, 0.25) is 0 Å². The van der Waals surface area contributed by atoms with E-state index in [9.17, 15) is 0 Å². The summed E-state index contributed by atoms with van der Waals surface area (Å²) >= 11 is 0. The molecule has 0 bridgehead atoms. The molecule has 1 atom stereocenters. The molecule has 5 heteroatoms. The Bertz CT molecular complexity index is 620. The van der Waals surface area contributed by atoms with Gasteiger partial charge in [-0.05, 0) is 44.5 Å². The molecule has 23 heavy (non-hydrogen) atoms. The van der Waals surface area contributed by atoms with E-state index in [0.717, 1.165) is 36.7 Å². The zero-order valence-electron chi connectivity index (χ0n) is 14.4. The van der Waals surface area contributed by atoms with Crippen molar-refractivity contribution in [3.05, 3.63) is 36.2 Å². The Morgan fingerprint density at radius 3 is 2.87 bits per heavy atom. The molecule has 0 radical (unpaired) electrons. The van der Waals surface area contributed by atoms with Crippen LogP contribution in [0.2, 0.25) is 0 Å². The maximum absolute atomic E-state index is 4.92. The smallest absolute Gasteiger partial charge is 0.151 e. The normalized spacial score (nSPS) is 19.9. The molecule has 2 aromatic heterocycles. The van der Waals surface area contributed by atoms with Gasteiger partial charge in [0.15, 0.2) is 5.82 Å². The highest BCUT2D eigenvalue weighted by Crippen LogP contribution is 2.29. The maximum atomic E-state index is 4.92. The van der Waals surface area contributed by atoms with E-state index in [1.165, 1.54) is 19.3 Å². The summed E-state index contributed by atoms with van der Waals surface area (Å²) in [5, 5.41) is 4.80. The van der Waals surface area contributed by atoms with Crippen LogP contribution in [0.5, 0.6) is 0 Å². The predicted molar refractivity (Wildman–Crippen MR) is 91.5 cm³/mol. The lowest BCUT2D eigenvalue weighted by atomic mass is 10.1. The van der Waals surface area contributed by atoms with E-state index < -0.39 is 0 Å². The van der Waals surface area contributed by atoms with Crippen molar-refractivity contribution in [1.82, 2.24) is 24.6 Å². The third-order valence-electron chi connectivity index (χ3n) is 4.48. The van der Waals surface area contributed by atoms with E-state index in [1.54, 1.807) is 6.20 Å². The molecular formula is C18H27N5. The minimum Gasteiger partial charge on any atom is -0.296 e. The van der Waals surface area contributed by atoms with E-state index >= 15 is 0 Å². The van der Waals surface area contributed by atoms with Crippen LogP contribution in [0.4, 0.5) is 0 Å². The summed E-state index contributed by atoms with van der Waals surface area (Å²) in [6.45, 7) is 5.55. The lowest BCUT2D eigenvalue weighted by Gasteiger charge is -2.25. The van der Waals surface area contributed by atoms with Crippen LogP contribution in [0.15, 0.2) is 24.5 Å². The molecule has 1 aliphatic heterocycles. The minimum atomic E-state index is 0.339. The average Bonchev–Trinajstić information content (AvgIpc) is 2.81. The SMILES string of the molecule is CC(C)Cc1nc([C@@H]2CCCCCN2C)n(-c2cccnc2)n1. The molecule has 124 valence electrons. The molecule has 0 spiro atoms. The van der Waals surface area contributed by atoms with Gasteiger partial charge >= 0.3 is 0 Å². The number of hydrogen-bond donors (Lipinski definition) is 0. The van der Waals surface area contributed by atoms with Gasteiger partial charge in [-0.2, -0.15) is 5.10 Å². The van der Waals surface area contributed by atoms with Crippen molar-refractivity contribution in [2.45, 2.75) is 52.0 Å². The molecular weight excluding hydrogens is 286 g/mol. The third kappa shape index (κ3) is 3.78. The Morgan fingerprint density at radius 2 is 2.13 bits per heavy atom. The fourth-order valence-corrected chi connectivity index (χ4v) is 3.28. The van der Waals surface area contributed by atoms with Crippen LogP contribution < -0.4 is 0 Å². The van der Waals surface area contributed by atoms with Crippen molar-refractivity contribution in [3.63, 3.8) is 0 Å². The first-order chi connectivity index (χ1) is 11.1. The summed E-state index contributed by atoms with van der Waals surface area (Å²) in [4.78, 5) is 11.6. The van der Waals surface area contributed by atoms with Crippen molar-refractivity contribution in [3.8, 4) is 5.69 Å². The van der Waals surface area contributed by atoms with Crippen molar-refractivity contribution in [1.29, 1.82) is 0 Å². The van der Waals surface area contributed by atoms with Crippen LogP contribution in [-0.4, -0.2) is 38.2 Å². The quantitative estimate of drug-likeness (QED) is 0.868. The van der Waals surface area contributed by atoms with Gasteiger partial charge in [-0.25, -0.2) is 9.67 Å². The Morgan fingerprint density at radius 1 is 1.26 bits per heavy atom. The van der Waals surface area contributed by atoms with Crippen molar-refractivity contribution in [2.24, 2.45) is 5.92 Å². The second-order valence-corrected chi connectivity index (χ2v) is 6.95. The molecule has 0 aliphatic carbocycles. The number of hydrogen-bond acceptors (Lipinski definition) is 4. The van der Waals surface area contributed by atoms with Crippen LogP contribution in [0.25, 0.3) is 5.69 Å². The zero-order valence-corrected chi connectivity index (χ0v) is 14.4. The summed E-state index contributed by atoms with van der Waals surface area (Å²) in [6.07, 6.45) is 9.57. The van der Waals surface area contributed by atoms with Crippen molar-refractivity contribution >= 4 is 0 Å². The van der Waals surface area contributed by atoms with Gasteiger partial charge in [-0.1, -0.05) is 26.7 Å². The Kier molecular flexibility index (Phi) is 5.06. The van der Waals surface area contributed by atoms with Crippen LogP contribution in [0.3, 0.4) is 0 Å². The summed E-state index contributed by atoms with van der Waals surface area (Å²) < 4.78 is 2.01. The molecule has 5 nitrogen and oxygen atoms in total. The second-order valence-electron chi connectivity index (χ2n) is 6.95. The standard InChI is InChI=1S/C18H27N5/c1-14(2)12-17-20-18(16-9-5-4-6-11-22(16)3)23(21-17)15-8-7-10-19-13-15/h7-8,10,13-14,16H,4-6,9,11-12H2,1-3H3/t16-/m0/s1. The van der Waals surface area contributed by atoms with Gasteiger partial charge in [0.05, 0.1) is 17.9 Å². The van der Waals surface area contributed by atoms with E-state index in [-0.39, 0.29) is 0 Å². The van der Waals surface area contributed by atoms with E-state index in [4.69, 9.17) is 10.1 Å². The molecule has 1 fully saturated rings. The van der Waals surface area contributed by atoms with Gasteiger partial charge in [0.25, 0.3) is 0 Å². The van der Waals surface area contributed by atoms with Crippen LogP contribution in [-0.2, 0) is 6.42 Å². The maximum Gasteiger partial charge on any atom is 0.151 e. The number of aromatic nitrogens is 4. The van der Waals surface area contributed by atoms with Gasteiger partial charge in [0, 0.05) is 12.6 Å². The van der Waals surface area contributed by atoms with Gasteiger partial charge in [0.1, 0.15) is 5.82 Å². The summed E-state index contributed by atoms with van der Waals surface area (Å²) in [5.41, 5.74) is 1.00. The van der Waals surface area contributed by atoms with Crippen LogP contribution in [0.1, 0.15) is 57.2 Å². The first kappa shape index (κ1) is 16.1. The number of pyridine rings is 1. The van der Waals surface area contributed by atoms with E-state index in [2.05, 4.69) is 36.8 Å². The Balaban J connectivity index is 2.01. The van der Waals surface area contributed by atoms with Crippen LogP contribution >= 0.6 is 0 Å². The lowest BCUT2D eigenvalue weighted by molar-refractivity contribution is 0.237. The fraction of sp³-hybridized carbons (Fsp3) is 0.611.